The van der Waals surface area contributed by atoms with Crippen LogP contribution >= 0.6 is 0 Å². The van der Waals surface area contributed by atoms with Gasteiger partial charge in [-0.3, -0.25) is 0 Å². The van der Waals surface area contributed by atoms with Crippen LogP contribution < -0.4 is 0 Å². The first-order valence-corrected chi connectivity index (χ1v) is 20.8. The Bertz CT molecular complexity index is 1470. The Kier molecular flexibility index (Phi) is 9.55. The molecule has 12 nitrogen and oxygen atoms in total. The molecule has 8 aliphatic rings. The number of aliphatic hydroxyl groups excluding tert-OH is 7. The molecule has 3 saturated heterocycles. The summed E-state index contributed by atoms with van der Waals surface area (Å²) in [4.78, 5) is 0. The lowest BCUT2D eigenvalue weighted by Crippen LogP contribution is -2.72. The van der Waals surface area contributed by atoms with Crippen molar-refractivity contribution in [3.8, 4) is 0 Å². The van der Waals surface area contributed by atoms with Crippen LogP contribution in [-0.4, -0.2) is 128 Å². The zero-order valence-corrected chi connectivity index (χ0v) is 33.6. The van der Waals surface area contributed by atoms with Crippen LogP contribution in [0.3, 0.4) is 0 Å². The fourth-order valence-corrected chi connectivity index (χ4v) is 14.3. The van der Waals surface area contributed by atoms with Crippen molar-refractivity contribution in [2.24, 2.45) is 50.2 Å². The molecule has 0 aromatic heterocycles. The topological polar surface area (TPSA) is 188 Å². The third-order valence-corrected chi connectivity index (χ3v) is 17.8. The van der Waals surface area contributed by atoms with Crippen LogP contribution in [0.4, 0.5) is 0 Å². The molecule has 0 aromatic rings. The number of rotatable bonds is 5. The Morgan fingerprint density at radius 3 is 2.11 bits per heavy atom. The molecule has 3 heterocycles. The zero-order valence-electron chi connectivity index (χ0n) is 33.6. The van der Waals surface area contributed by atoms with E-state index in [1.165, 1.54) is 6.92 Å². The standard InChI is InChI=1S/C42H68O12/c1-21-28(45)29(46)31(48)34(51-21)54-33-22(19-43)52-35(32(49)30(33)47)53-27-11-12-38(6)23(37(27,4)5)9-13-39(7)24(38)10-14-42-25-17-36(2,3)15-16-41(25,20-50-42)26(44)18-40(39,42)8/h10,14,21-35,43-49H,9,11-13,15-20H2,1-8H3. The predicted molar refractivity (Wildman–Crippen MR) is 195 cm³/mol. The highest BCUT2D eigenvalue weighted by atomic mass is 16.7. The van der Waals surface area contributed by atoms with Crippen LogP contribution in [0.15, 0.2) is 12.2 Å². The molecule has 0 amide bonds. The zero-order chi connectivity index (χ0) is 39.2. The van der Waals surface area contributed by atoms with Gasteiger partial charge in [0.15, 0.2) is 12.6 Å². The maximum absolute atomic E-state index is 12.1. The van der Waals surface area contributed by atoms with E-state index in [0.29, 0.717) is 13.0 Å². The predicted octanol–water partition coefficient (Wildman–Crippen LogP) is 2.80. The lowest BCUT2D eigenvalue weighted by Gasteiger charge is -2.73. The van der Waals surface area contributed by atoms with Gasteiger partial charge >= 0.3 is 0 Å². The average Bonchev–Trinajstić information content (AvgIpc) is 3.38. The van der Waals surface area contributed by atoms with E-state index in [9.17, 15) is 35.7 Å². The molecule has 3 aliphatic heterocycles. The second-order valence-corrected chi connectivity index (χ2v) is 21.1. The Hall–Kier alpha value is -0.740. The van der Waals surface area contributed by atoms with Crippen molar-refractivity contribution in [1.82, 2.24) is 0 Å². The van der Waals surface area contributed by atoms with E-state index in [1.807, 2.05) is 0 Å². The Morgan fingerprint density at radius 2 is 1.41 bits per heavy atom. The third kappa shape index (κ3) is 5.24. The van der Waals surface area contributed by atoms with Crippen LogP contribution in [0.2, 0.25) is 0 Å². The maximum Gasteiger partial charge on any atom is 0.187 e. The third-order valence-electron chi connectivity index (χ3n) is 17.8. The lowest BCUT2D eigenvalue weighted by atomic mass is 9.32. The maximum atomic E-state index is 12.1. The van der Waals surface area contributed by atoms with E-state index in [0.717, 1.165) is 44.9 Å². The van der Waals surface area contributed by atoms with Gasteiger partial charge in [0, 0.05) is 16.7 Å². The van der Waals surface area contributed by atoms with Gasteiger partial charge in [-0.25, -0.2) is 0 Å². The van der Waals surface area contributed by atoms with E-state index in [2.05, 4.69) is 60.6 Å². The van der Waals surface area contributed by atoms with Crippen LogP contribution in [-0.2, 0) is 23.7 Å². The van der Waals surface area contributed by atoms with Crippen LogP contribution in [0, 0.1) is 50.2 Å². The summed E-state index contributed by atoms with van der Waals surface area (Å²) in [5.41, 5.74) is -1.12. The molecule has 308 valence electrons. The Labute approximate surface area is 320 Å². The molecule has 7 fully saturated rings. The van der Waals surface area contributed by atoms with Gasteiger partial charge in [-0.05, 0) is 91.8 Å². The SMILES string of the molecule is CC1OC(OC2C(CO)OC(OC3CCC4(C)C(CCC5(C)C4C=CC46OCC7(CCC(C)(C)CC74)C(O)CC56C)C3(C)C)C(O)C2O)C(O)C(O)C1O. The summed E-state index contributed by atoms with van der Waals surface area (Å²) < 4.78 is 31.2. The number of allylic oxidation sites excluding steroid dienone is 1. The van der Waals surface area contributed by atoms with E-state index >= 15 is 0 Å². The minimum atomic E-state index is -1.63. The summed E-state index contributed by atoms with van der Waals surface area (Å²) in [5.74, 6) is 0.810. The van der Waals surface area contributed by atoms with Crippen molar-refractivity contribution in [3.05, 3.63) is 12.2 Å². The Balaban J connectivity index is 1.02. The number of aliphatic hydroxyl groups is 7. The molecule has 12 heteroatoms. The van der Waals surface area contributed by atoms with Gasteiger partial charge in [0.05, 0.1) is 37.1 Å². The normalized spacial score (nSPS) is 58.8. The number of hydrogen-bond acceptors (Lipinski definition) is 12. The summed E-state index contributed by atoms with van der Waals surface area (Å²) in [6, 6.07) is 0. The van der Waals surface area contributed by atoms with E-state index < -0.39 is 73.6 Å². The molecular weight excluding hydrogens is 696 g/mol. The minimum absolute atomic E-state index is 0.0738. The largest absolute Gasteiger partial charge is 0.394 e. The average molecular weight is 765 g/mol. The number of ether oxygens (including phenoxy) is 5. The van der Waals surface area contributed by atoms with Gasteiger partial charge in [-0.2, -0.15) is 0 Å². The quantitative estimate of drug-likeness (QED) is 0.161. The summed E-state index contributed by atoms with van der Waals surface area (Å²) in [7, 11) is 0. The highest BCUT2D eigenvalue weighted by Crippen LogP contribution is 2.79. The number of fused-ring (bicyclic) bond motifs is 4. The van der Waals surface area contributed by atoms with Crippen molar-refractivity contribution in [3.63, 3.8) is 0 Å². The molecule has 0 radical (unpaired) electrons. The highest BCUT2D eigenvalue weighted by molar-refractivity contribution is 5.36. The molecule has 4 saturated carbocycles. The van der Waals surface area contributed by atoms with Crippen LogP contribution in [0.5, 0.6) is 0 Å². The summed E-state index contributed by atoms with van der Waals surface area (Å²) in [6.07, 6.45) is -1.86. The molecule has 20 unspecified atom stereocenters. The fraction of sp³-hybridized carbons (Fsp3) is 0.952. The van der Waals surface area contributed by atoms with Crippen molar-refractivity contribution in [2.75, 3.05) is 13.2 Å². The monoisotopic (exact) mass is 764 g/mol. The van der Waals surface area contributed by atoms with Gasteiger partial charge in [0.2, 0.25) is 0 Å². The number of hydrogen-bond donors (Lipinski definition) is 7. The smallest absolute Gasteiger partial charge is 0.187 e. The van der Waals surface area contributed by atoms with E-state index in [1.54, 1.807) is 0 Å². The van der Waals surface area contributed by atoms with E-state index in [4.69, 9.17) is 23.7 Å². The Morgan fingerprint density at radius 1 is 0.722 bits per heavy atom. The van der Waals surface area contributed by atoms with Gasteiger partial charge in [0.25, 0.3) is 0 Å². The van der Waals surface area contributed by atoms with E-state index in [-0.39, 0.29) is 62.5 Å². The van der Waals surface area contributed by atoms with Crippen molar-refractivity contribution in [1.29, 1.82) is 0 Å². The summed E-state index contributed by atoms with van der Waals surface area (Å²) >= 11 is 0. The first-order valence-electron chi connectivity index (χ1n) is 20.8. The van der Waals surface area contributed by atoms with Crippen molar-refractivity contribution >= 4 is 0 Å². The van der Waals surface area contributed by atoms with Gasteiger partial charge in [0.1, 0.15) is 42.7 Å². The summed E-state index contributed by atoms with van der Waals surface area (Å²) in [5, 5.41) is 76.0. The van der Waals surface area contributed by atoms with Crippen molar-refractivity contribution in [2.45, 2.75) is 186 Å². The molecular formula is C42H68O12. The van der Waals surface area contributed by atoms with Gasteiger partial charge < -0.3 is 59.4 Å². The van der Waals surface area contributed by atoms with Crippen molar-refractivity contribution < 1.29 is 59.4 Å². The molecule has 0 aromatic carbocycles. The molecule has 5 aliphatic carbocycles. The second-order valence-electron chi connectivity index (χ2n) is 21.1. The summed E-state index contributed by atoms with van der Waals surface area (Å²) in [6.45, 7) is 18.2. The molecule has 7 N–H and O–H groups in total. The van der Waals surface area contributed by atoms with Gasteiger partial charge in [-0.1, -0.05) is 60.6 Å². The lowest BCUT2D eigenvalue weighted by molar-refractivity contribution is -0.366. The van der Waals surface area contributed by atoms with Gasteiger partial charge in [-0.15, -0.1) is 0 Å². The van der Waals surface area contributed by atoms with Crippen LogP contribution in [0.1, 0.15) is 107 Å². The molecule has 1 spiro atoms. The molecule has 54 heavy (non-hydrogen) atoms. The molecule has 20 atom stereocenters. The van der Waals surface area contributed by atoms with Crippen LogP contribution in [0.25, 0.3) is 0 Å². The fourth-order valence-electron chi connectivity index (χ4n) is 14.3. The molecule has 8 rings (SSSR count). The minimum Gasteiger partial charge on any atom is -0.394 e. The first kappa shape index (κ1) is 40.1. The highest BCUT2D eigenvalue weighted by Gasteiger charge is 2.79. The first-order chi connectivity index (χ1) is 25.1. The second kappa shape index (κ2) is 12.9. The molecule has 2 bridgehead atoms.